The van der Waals surface area contributed by atoms with Gasteiger partial charge in [-0.15, -0.1) is 0 Å². The van der Waals surface area contributed by atoms with Crippen LogP contribution in [0.5, 0.6) is 0 Å². The maximum Gasteiger partial charge on any atom is 0.340 e. The van der Waals surface area contributed by atoms with Gasteiger partial charge in [-0.2, -0.15) is 0 Å². The number of alkyl halides is 2. The third kappa shape index (κ3) is 16.9. The van der Waals surface area contributed by atoms with Crippen molar-refractivity contribution in [2.45, 2.75) is 67.7 Å². The molecule has 0 radical (unpaired) electrons. The van der Waals surface area contributed by atoms with Crippen LogP contribution in [0, 0.1) is 10.8 Å². The number of nitrogen functional groups attached to an aromatic ring is 3. The number of para-hydroxylation sites is 3. The summed E-state index contributed by atoms with van der Waals surface area (Å²) in [5, 5.41) is 11.5. The Morgan fingerprint density at radius 1 is 0.750 bits per heavy atom. The van der Waals surface area contributed by atoms with Gasteiger partial charge < -0.3 is 42.1 Å². The monoisotopic (exact) mass is 1020 g/mol. The molecule has 0 atom stereocenters. The maximum absolute atomic E-state index is 11.9. The standard InChI is InChI=1S/C13H18N2O3.C12H14N2O2.C8H10N2O2.C5H9ClO.CH2I2/c1-13(2,3)12(17)15-9-7-5-6-8(10(9)14)11(16)18-4;1-12(2,3)11-13-8-6-4-5-7(10(15)16)9(8)14-11;1-12-8(11)5-3-2-4-6(9)7(5)10;1-5(2,3)4(6)7;2-1-3/h5-7H,14H2,1-4H3,(H,15,17);4-6H,1-3H3,(H,13,14)(H,15,16);2-4H,9-10H2,1H3;1-3H3;1H2. The number of anilines is 4. The molecular weight excluding hydrogens is 970 g/mol. The van der Waals surface area contributed by atoms with Crippen molar-refractivity contribution in [1.29, 1.82) is 0 Å². The Morgan fingerprint density at radius 3 is 1.59 bits per heavy atom. The number of esters is 2. The molecule has 4 rings (SSSR count). The first kappa shape index (κ1) is 51.8. The van der Waals surface area contributed by atoms with Crippen LogP contribution >= 0.6 is 56.8 Å². The number of aromatic amines is 1. The van der Waals surface area contributed by atoms with E-state index in [1.54, 1.807) is 90.1 Å². The van der Waals surface area contributed by atoms with Crippen molar-refractivity contribution in [2.75, 3.05) is 39.2 Å². The zero-order valence-corrected chi connectivity index (χ0v) is 38.6. The number of H-pyrrole nitrogens is 1. The number of carboxylic acids is 1. The van der Waals surface area contributed by atoms with Gasteiger partial charge in [0, 0.05) is 16.2 Å². The van der Waals surface area contributed by atoms with Crippen LogP contribution in [-0.2, 0) is 24.5 Å². The summed E-state index contributed by atoms with van der Waals surface area (Å²) in [6.45, 7) is 16.8. The highest BCUT2D eigenvalue weighted by Gasteiger charge is 2.23. The SMILES string of the molecule is CC(C)(C)C(=O)Cl.CC(C)(C)c1nc2c(C(=O)O)cccc2[nH]1.COC(=O)c1cccc(N)c1N.COC(=O)c1cccc(NC(=O)C(C)(C)C)c1N.ICI. The van der Waals surface area contributed by atoms with E-state index < -0.39 is 23.3 Å². The molecule has 308 valence electrons. The zero-order valence-electron chi connectivity index (χ0n) is 33.5. The number of aromatic carboxylic acids is 1. The first-order valence-corrected chi connectivity index (χ1v) is 20.2. The quantitative estimate of drug-likeness (QED) is 0.0369. The Bertz CT molecular complexity index is 1970. The Hall–Kier alpha value is -4.17. The number of carbonyl (C=O) groups excluding carboxylic acids is 4. The topological polar surface area (TPSA) is 243 Å². The molecule has 0 bridgehead atoms. The summed E-state index contributed by atoms with van der Waals surface area (Å²) >= 11 is 9.66. The number of nitrogens with two attached hydrogens (primary N) is 3. The number of nitrogens with one attached hydrogen (secondary N) is 2. The molecule has 1 aromatic heterocycles. The summed E-state index contributed by atoms with van der Waals surface area (Å²) in [7, 11) is 2.58. The van der Waals surface area contributed by atoms with Gasteiger partial charge in [0.1, 0.15) is 11.3 Å². The van der Waals surface area contributed by atoms with Gasteiger partial charge in [0.15, 0.2) is 0 Å². The summed E-state index contributed by atoms with van der Waals surface area (Å²) < 4.78 is 10.3. The number of amides is 1. The summed E-state index contributed by atoms with van der Waals surface area (Å²) in [6.07, 6.45) is 0. The van der Waals surface area contributed by atoms with E-state index in [0.29, 0.717) is 22.5 Å². The van der Waals surface area contributed by atoms with Crippen molar-refractivity contribution in [1.82, 2.24) is 9.97 Å². The molecule has 3 aromatic carbocycles. The largest absolute Gasteiger partial charge is 0.478 e. The van der Waals surface area contributed by atoms with Gasteiger partial charge >= 0.3 is 17.9 Å². The number of carboxylic acid groups (broad SMARTS) is 1. The molecule has 0 aliphatic heterocycles. The number of nitrogens with zero attached hydrogens (tertiary/aromatic N) is 1. The Labute approximate surface area is 360 Å². The van der Waals surface area contributed by atoms with Gasteiger partial charge in [-0.25, -0.2) is 19.4 Å². The number of imidazole rings is 1. The number of hydrogen-bond donors (Lipinski definition) is 6. The van der Waals surface area contributed by atoms with Crippen LogP contribution in [0.15, 0.2) is 54.6 Å². The highest BCUT2D eigenvalue weighted by molar-refractivity contribution is 14.2. The fourth-order valence-corrected chi connectivity index (χ4v) is 3.70. The van der Waals surface area contributed by atoms with E-state index in [2.05, 4.69) is 69.9 Å². The third-order valence-electron chi connectivity index (χ3n) is 7.03. The minimum absolute atomic E-state index is 0.116. The maximum atomic E-state index is 11.9. The third-order valence-corrected chi connectivity index (χ3v) is 7.60. The van der Waals surface area contributed by atoms with Crippen LogP contribution in [0.3, 0.4) is 0 Å². The lowest BCUT2D eigenvalue weighted by atomic mass is 9.95. The number of rotatable bonds is 4. The molecule has 0 fully saturated rings. The second-order valence-electron chi connectivity index (χ2n) is 14.7. The lowest BCUT2D eigenvalue weighted by molar-refractivity contribution is -0.123. The van der Waals surface area contributed by atoms with Gasteiger partial charge in [-0.05, 0) is 48.0 Å². The van der Waals surface area contributed by atoms with Crippen LogP contribution in [-0.4, -0.2) is 60.8 Å². The van der Waals surface area contributed by atoms with Crippen molar-refractivity contribution in [3.63, 3.8) is 0 Å². The van der Waals surface area contributed by atoms with Gasteiger partial charge in [0.25, 0.3) is 0 Å². The zero-order chi connectivity index (χ0) is 43.8. The fourth-order valence-electron chi connectivity index (χ4n) is 3.70. The Balaban J connectivity index is 0.000000732. The summed E-state index contributed by atoms with van der Waals surface area (Å²) in [5.74, 6) is -1.32. The van der Waals surface area contributed by atoms with Gasteiger partial charge in [0.2, 0.25) is 11.1 Å². The molecule has 0 unspecified atom stereocenters. The second-order valence-corrected chi connectivity index (χ2v) is 19.5. The van der Waals surface area contributed by atoms with E-state index in [1.165, 1.54) is 16.7 Å². The number of aromatic nitrogens is 2. The number of benzene rings is 3. The van der Waals surface area contributed by atoms with E-state index in [1.807, 2.05) is 26.8 Å². The average Bonchev–Trinajstić information content (AvgIpc) is 3.56. The van der Waals surface area contributed by atoms with Crippen molar-refractivity contribution in [3.05, 3.63) is 77.1 Å². The highest BCUT2D eigenvalue weighted by Crippen LogP contribution is 2.27. The fraction of sp³-hybridized carbons (Fsp3) is 0.385. The molecular formula is C39H53ClI2N6O8. The van der Waals surface area contributed by atoms with Gasteiger partial charge in [-0.1, -0.05) is 126 Å². The number of fused-ring (bicyclic) bond motifs is 1. The van der Waals surface area contributed by atoms with Crippen LogP contribution in [0.1, 0.15) is 99.2 Å². The van der Waals surface area contributed by atoms with Crippen molar-refractivity contribution >= 4 is 120 Å². The van der Waals surface area contributed by atoms with Crippen molar-refractivity contribution in [3.8, 4) is 0 Å². The smallest absolute Gasteiger partial charge is 0.340 e. The average molecular weight is 1020 g/mol. The van der Waals surface area contributed by atoms with Crippen molar-refractivity contribution < 1.29 is 38.6 Å². The Morgan fingerprint density at radius 2 is 1.18 bits per heavy atom. The van der Waals surface area contributed by atoms with E-state index in [9.17, 15) is 24.0 Å². The first-order chi connectivity index (χ1) is 25.7. The first-order valence-electron chi connectivity index (χ1n) is 16.7. The molecule has 9 N–H and O–H groups in total. The number of hydrogen-bond acceptors (Lipinski definition) is 11. The normalized spacial score (nSPS) is 10.7. The van der Waals surface area contributed by atoms with Gasteiger partial charge in [0.05, 0.1) is 61.6 Å². The van der Waals surface area contributed by atoms with Crippen LogP contribution in [0.4, 0.5) is 22.7 Å². The number of methoxy groups -OCH3 is 2. The van der Waals surface area contributed by atoms with E-state index >= 15 is 0 Å². The molecule has 1 heterocycles. The lowest BCUT2D eigenvalue weighted by Crippen LogP contribution is -2.28. The molecule has 0 saturated carbocycles. The lowest BCUT2D eigenvalue weighted by Gasteiger charge is -2.19. The minimum atomic E-state index is -0.947. The molecule has 0 aliphatic carbocycles. The molecule has 1 amide bonds. The number of ether oxygens (including phenoxy) is 2. The van der Waals surface area contributed by atoms with Crippen molar-refractivity contribution in [2.24, 2.45) is 10.8 Å². The van der Waals surface area contributed by atoms with Crippen LogP contribution in [0.25, 0.3) is 11.0 Å². The molecule has 17 heteroatoms. The molecule has 56 heavy (non-hydrogen) atoms. The van der Waals surface area contributed by atoms with Crippen LogP contribution < -0.4 is 22.5 Å². The summed E-state index contributed by atoms with van der Waals surface area (Å²) in [4.78, 5) is 63.1. The predicted octanol–water partition coefficient (Wildman–Crippen LogP) is 8.85. The highest BCUT2D eigenvalue weighted by atomic mass is 127. The molecule has 0 saturated heterocycles. The molecule has 4 aromatic rings. The van der Waals surface area contributed by atoms with E-state index in [0.717, 1.165) is 11.3 Å². The minimum Gasteiger partial charge on any atom is -0.478 e. The second kappa shape index (κ2) is 23.2. The molecule has 0 aliphatic rings. The van der Waals surface area contributed by atoms with E-state index in [4.69, 9.17) is 33.9 Å². The molecule has 14 nitrogen and oxygen atoms in total. The Kier molecular flexibility index (Phi) is 21.4. The molecule has 0 spiro atoms. The predicted molar refractivity (Wildman–Crippen MR) is 242 cm³/mol. The number of halogens is 3. The van der Waals surface area contributed by atoms with Crippen LogP contribution in [0.2, 0.25) is 0 Å². The van der Waals surface area contributed by atoms with E-state index in [-0.39, 0.29) is 44.5 Å². The summed E-state index contributed by atoms with van der Waals surface area (Å²) in [6, 6.07) is 14.8. The number of carbonyl (C=O) groups is 5. The summed E-state index contributed by atoms with van der Waals surface area (Å²) in [5.41, 5.74) is 19.2. The van der Waals surface area contributed by atoms with Gasteiger partial charge in [-0.3, -0.25) is 9.59 Å².